The number of anilines is 1. The maximum atomic E-state index is 11.8. The number of rotatable bonds is 4. The Morgan fingerprint density at radius 3 is 2.89 bits per heavy atom. The quantitative estimate of drug-likeness (QED) is 0.830. The number of likely N-dealkylation sites (N-methyl/N-ethyl adjacent to an activating group) is 1. The molecule has 1 aliphatic heterocycles. The first-order chi connectivity index (χ1) is 9.28. The minimum atomic E-state index is -0.191. The van der Waals surface area contributed by atoms with Crippen LogP contribution in [0.5, 0.6) is 0 Å². The molecule has 3 nitrogen and oxygen atoms in total. The van der Waals surface area contributed by atoms with Crippen molar-refractivity contribution in [1.82, 2.24) is 5.32 Å². The molecule has 1 atom stereocenters. The average Bonchev–Trinajstić information content (AvgIpc) is 3.01. The molecular weight excluding hydrogens is 256 g/mol. The zero-order valence-corrected chi connectivity index (χ0v) is 12.1. The van der Waals surface area contributed by atoms with Gasteiger partial charge in [0, 0.05) is 21.9 Å². The molecule has 0 spiro atoms. The van der Waals surface area contributed by atoms with Gasteiger partial charge >= 0.3 is 0 Å². The van der Waals surface area contributed by atoms with Gasteiger partial charge in [0.05, 0.1) is 0 Å². The van der Waals surface area contributed by atoms with Gasteiger partial charge in [0.15, 0.2) is 0 Å². The Hall–Kier alpha value is -1.00. The maximum absolute atomic E-state index is 11.8. The van der Waals surface area contributed by atoms with Crippen molar-refractivity contribution in [2.45, 2.75) is 36.6 Å². The van der Waals surface area contributed by atoms with Crippen LogP contribution in [0, 0.1) is 5.92 Å². The van der Waals surface area contributed by atoms with E-state index in [0.29, 0.717) is 0 Å². The molecule has 0 saturated heterocycles. The first-order valence-electron chi connectivity index (χ1n) is 7.03. The first-order valence-corrected chi connectivity index (χ1v) is 8.01. The Bertz CT molecular complexity index is 483. The van der Waals surface area contributed by atoms with Crippen LogP contribution in [0.1, 0.15) is 37.3 Å². The highest BCUT2D eigenvalue weighted by molar-refractivity contribution is 7.99. The molecule has 0 aromatic heterocycles. The number of fused-ring (bicyclic) bond motifs is 1. The Balaban J connectivity index is 1.68. The van der Waals surface area contributed by atoms with Crippen molar-refractivity contribution < 1.29 is 4.79 Å². The number of amides is 1. The summed E-state index contributed by atoms with van der Waals surface area (Å²) in [5, 5.41) is 6.00. The summed E-state index contributed by atoms with van der Waals surface area (Å²) in [7, 11) is 1.82. The number of carbonyl (C=O) groups excluding carboxylic acids is 1. The smallest absolute Gasteiger partial charge is 0.246 e. The van der Waals surface area contributed by atoms with Gasteiger partial charge < -0.3 is 10.6 Å². The molecule has 0 radical (unpaired) electrons. The van der Waals surface area contributed by atoms with E-state index in [1.54, 1.807) is 0 Å². The Morgan fingerprint density at radius 1 is 1.37 bits per heavy atom. The number of benzene rings is 1. The van der Waals surface area contributed by atoms with E-state index in [-0.39, 0.29) is 11.9 Å². The normalized spacial score (nSPS) is 22.6. The Kier molecular flexibility index (Phi) is 3.80. The molecule has 1 heterocycles. The summed E-state index contributed by atoms with van der Waals surface area (Å²) >= 11 is 1.92. The molecule has 3 rings (SSSR count). The summed E-state index contributed by atoms with van der Waals surface area (Å²) in [4.78, 5) is 13.0. The third-order valence-electron chi connectivity index (χ3n) is 4.10. The SMILES string of the molecule is CNC1C(=O)Nc2cc(SCC3CCCC3)ccc21. The maximum Gasteiger partial charge on any atom is 0.246 e. The summed E-state index contributed by atoms with van der Waals surface area (Å²) in [6.07, 6.45) is 5.57. The lowest BCUT2D eigenvalue weighted by Crippen LogP contribution is -2.23. The molecule has 2 N–H and O–H groups in total. The number of hydrogen-bond acceptors (Lipinski definition) is 3. The number of thioether (sulfide) groups is 1. The minimum Gasteiger partial charge on any atom is -0.324 e. The zero-order chi connectivity index (χ0) is 13.2. The largest absolute Gasteiger partial charge is 0.324 e. The minimum absolute atomic E-state index is 0.0513. The van der Waals surface area contributed by atoms with Crippen molar-refractivity contribution in [2.75, 3.05) is 18.1 Å². The zero-order valence-electron chi connectivity index (χ0n) is 11.2. The van der Waals surface area contributed by atoms with E-state index >= 15 is 0 Å². The summed E-state index contributed by atoms with van der Waals surface area (Å²) in [6, 6.07) is 6.14. The van der Waals surface area contributed by atoms with Crippen LogP contribution in [0.4, 0.5) is 5.69 Å². The van der Waals surface area contributed by atoms with Crippen molar-refractivity contribution >= 4 is 23.4 Å². The molecule has 1 aromatic carbocycles. The van der Waals surface area contributed by atoms with Crippen molar-refractivity contribution in [3.05, 3.63) is 23.8 Å². The summed E-state index contributed by atoms with van der Waals surface area (Å²) in [5.74, 6) is 2.15. The summed E-state index contributed by atoms with van der Waals surface area (Å²) in [5.41, 5.74) is 2.04. The van der Waals surface area contributed by atoms with Crippen molar-refractivity contribution in [3.8, 4) is 0 Å². The predicted octanol–water partition coefficient (Wildman–Crippen LogP) is 3.18. The third kappa shape index (κ3) is 2.65. The van der Waals surface area contributed by atoms with Crippen LogP contribution < -0.4 is 10.6 Å². The van der Waals surface area contributed by atoms with E-state index in [2.05, 4.69) is 28.8 Å². The predicted molar refractivity (Wildman–Crippen MR) is 79.6 cm³/mol. The van der Waals surface area contributed by atoms with Gasteiger partial charge in [-0.2, -0.15) is 0 Å². The fraction of sp³-hybridized carbons (Fsp3) is 0.533. The van der Waals surface area contributed by atoms with E-state index in [1.807, 2.05) is 18.8 Å². The molecule has 2 aliphatic rings. The van der Waals surface area contributed by atoms with E-state index in [1.165, 1.54) is 36.3 Å². The van der Waals surface area contributed by atoms with Gasteiger partial charge in [-0.25, -0.2) is 0 Å². The monoisotopic (exact) mass is 276 g/mol. The van der Waals surface area contributed by atoms with E-state index < -0.39 is 0 Å². The summed E-state index contributed by atoms with van der Waals surface area (Å²) in [6.45, 7) is 0. The lowest BCUT2D eigenvalue weighted by Gasteiger charge is -2.10. The molecule has 1 saturated carbocycles. The van der Waals surface area contributed by atoms with E-state index in [4.69, 9.17) is 0 Å². The van der Waals surface area contributed by atoms with Crippen LogP contribution in [0.3, 0.4) is 0 Å². The van der Waals surface area contributed by atoms with Crippen LogP contribution in [0.25, 0.3) is 0 Å². The second kappa shape index (κ2) is 5.55. The molecule has 1 fully saturated rings. The third-order valence-corrected chi connectivity index (χ3v) is 5.33. The number of carbonyl (C=O) groups is 1. The molecule has 1 aliphatic carbocycles. The van der Waals surface area contributed by atoms with Crippen LogP contribution >= 0.6 is 11.8 Å². The van der Waals surface area contributed by atoms with Crippen LogP contribution in [0.15, 0.2) is 23.1 Å². The van der Waals surface area contributed by atoms with Gasteiger partial charge in [0.1, 0.15) is 6.04 Å². The van der Waals surface area contributed by atoms with Crippen LogP contribution in [-0.2, 0) is 4.79 Å². The molecule has 4 heteroatoms. The van der Waals surface area contributed by atoms with Crippen molar-refractivity contribution in [2.24, 2.45) is 5.92 Å². The molecule has 1 amide bonds. The fourth-order valence-electron chi connectivity index (χ4n) is 3.01. The molecule has 1 aromatic rings. The lowest BCUT2D eigenvalue weighted by atomic mass is 10.1. The lowest BCUT2D eigenvalue weighted by molar-refractivity contribution is -0.117. The van der Waals surface area contributed by atoms with Gasteiger partial charge in [-0.15, -0.1) is 11.8 Å². The van der Waals surface area contributed by atoms with Crippen molar-refractivity contribution in [3.63, 3.8) is 0 Å². The molecule has 1 unspecified atom stereocenters. The molecule has 102 valence electrons. The van der Waals surface area contributed by atoms with Gasteiger partial charge in [0.25, 0.3) is 0 Å². The van der Waals surface area contributed by atoms with Crippen molar-refractivity contribution in [1.29, 1.82) is 0 Å². The first kappa shape index (κ1) is 13.0. The highest BCUT2D eigenvalue weighted by Gasteiger charge is 2.29. The highest BCUT2D eigenvalue weighted by Crippen LogP contribution is 2.36. The topological polar surface area (TPSA) is 41.1 Å². The average molecular weight is 276 g/mol. The highest BCUT2D eigenvalue weighted by atomic mass is 32.2. The second-order valence-electron chi connectivity index (χ2n) is 5.42. The number of nitrogens with one attached hydrogen (secondary N) is 2. The molecule has 0 bridgehead atoms. The Morgan fingerprint density at radius 2 is 2.16 bits per heavy atom. The molecular formula is C15H20N2OS. The summed E-state index contributed by atoms with van der Waals surface area (Å²) < 4.78 is 0. The second-order valence-corrected chi connectivity index (χ2v) is 6.51. The molecule has 19 heavy (non-hydrogen) atoms. The van der Waals surface area contributed by atoms with Gasteiger partial charge in [-0.05, 0) is 37.9 Å². The van der Waals surface area contributed by atoms with Gasteiger partial charge in [-0.1, -0.05) is 18.9 Å². The number of hydrogen-bond donors (Lipinski definition) is 2. The van der Waals surface area contributed by atoms with Crippen LogP contribution in [-0.4, -0.2) is 18.7 Å². The van der Waals surface area contributed by atoms with Crippen LogP contribution in [0.2, 0.25) is 0 Å². The van der Waals surface area contributed by atoms with Gasteiger partial charge in [-0.3, -0.25) is 4.79 Å². The van der Waals surface area contributed by atoms with E-state index in [0.717, 1.165) is 17.2 Å². The van der Waals surface area contributed by atoms with E-state index in [9.17, 15) is 4.79 Å². The van der Waals surface area contributed by atoms with Gasteiger partial charge in [0.2, 0.25) is 5.91 Å². The fourth-order valence-corrected chi connectivity index (χ4v) is 4.14. The standard InChI is InChI=1S/C15H20N2OS/c1-16-14-12-7-6-11(8-13(12)17-15(14)18)19-9-10-4-2-3-5-10/h6-8,10,14,16H,2-5,9H2,1H3,(H,17,18). The Labute approximate surface area is 118 Å².